The number of halogens is 4. The van der Waals surface area contributed by atoms with Gasteiger partial charge in [0.1, 0.15) is 5.82 Å². The Balaban J connectivity index is 1.48. The summed E-state index contributed by atoms with van der Waals surface area (Å²) in [5.41, 5.74) is -0.997. The summed E-state index contributed by atoms with van der Waals surface area (Å²) in [6, 6.07) is 4.09. The van der Waals surface area contributed by atoms with E-state index in [4.69, 9.17) is 0 Å². The van der Waals surface area contributed by atoms with Gasteiger partial charge in [-0.1, -0.05) is 12.1 Å². The van der Waals surface area contributed by atoms with Crippen LogP contribution in [0.4, 0.5) is 17.6 Å². The first-order valence-electron chi connectivity index (χ1n) is 9.21. The molecular weight excluding hydrogens is 332 g/mol. The molecule has 0 unspecified atom stereocenters. The zero-order valence-electron chi connectivity index (χ0n) is 14.2. The number of piperidine rings is 1. The van der Waals surface area contributed by atoms with Crippen LogP contribution in [0, 0.1) is 17.7 Å². The highest BCUT2D eigenvalue weighted by Crippen LogP contribution is 2.36. The Labute approximate surface area is 145 Å². The van der Waals surface area contributed by atoms with Crippen molar-refractivity contribution in [1.29, 1.82) is 0 Å². The molecule has 0 radical (unpaired) electrons. The van der Waals surface area contributed by atoms with Crippen LogP contribution in [0.5, 0.6) is 0 Å². The maximum atomic E-state index is 14.3. The maximum Gasteiger partial charge on any atom is 0.419 e. The lowest BCUT2D eigenvalue weighted by Gasteiger charge is -2.36. The molecule has 3 aliphatic heterocycles. The molecule has 5 rings (SSSR count). The van der Waals surface area contributed by atoms with E-state index in [1.54, 1.807) is 0 Å². The van der Waals surface area contributed by atoms with Crippen LogP contribution in [-0.2, 0) is 12.7 Å². The minimum atomic E-state index is -4.64. The zero-order valence-corrected chi connectivity index (χ0v) is 14.2. The molecule has 0 spiro atoms. The molecule has 3 heterocycles. The molecule has 2 nitrogen and oxygen atoms in total. The number of benzene rings is 1. The number of nitrogens with zero attached hydrogens (tertiary/aromatic N) is 2. The number of rotatable bonds is 4. The van der Waals surface area contributed by atoms with Gasteiger partial charge in [-0.3, -0.25) is 9.80 Å². The average Bonchev–Trinajstić information content (AvgIpc) is 3.36. The Bertz CT molecular complexity index is 626. The lowest BCUT2D eigenvalue weighted by atomic mass is 9.95. The number of alkyl halides is 3. The van der Waals surface area contributed by atoms with Gasteiger partial charge in [-0.25, -0.2) is 4.39 Å². The Morgan fingerprint density at radius 1 is 1.00 bits per heavy atom. The van der Waals surface area contributed by atoms with Crippen molar-refractivity contribution in [3.05, 3.63) is 35.1 Å². The average molecular weight is 356 g/mol. The lowest BCUT2D eigenvalue weighted by molar-refractivity contribution is -0.140. The molecule has 3 saturated heterocycles. The van der Waals surface area contributed by atoms with E-state index in [0.717, 1.165) is 44.6 Å². The van der Waals surface area contributed by atoms with Gasteiger partial charge in [-0.15, -0.1) is 0 Å². The van der Waals surface area contributed by atoms with Crippen LogP contribution in [0.15, 0.2) is 18.2 Å². The van der Waals surface area contributed by atoms with Crippen LogP contribution < -0.4 is 0 Å². The molecule has 2 bridgehead atoms. The molecule has 0 amide bonds. The van der Waals surface area contributed by atoms with Crippen LogP contribution in [0.1, 0.15) is 36.8 Å². The van der Waals surface area contributed by atoms with Gasteiger partial charge in [0, 0.05) is 44.3 Å². The normalized spacial score (nSPS) is 28.3. The molecule has 25 heavy (non-hydrogen) atoms. The smallest absolute Gasteiger partial charge is 0.299 e. The topological polar surface area (TPSA) is 6.48 Å². The van der Waals surface area contributed by atoms with Gasteiger partial charge in [0.2, 0.25) is 0 Å². The van der Waals surface area contributed by atoms with E-state index < -0.39 is 17.6 Å². The van der Waals surface area contributed by atoms with Crippen molar-refractivity contribution in [3.8, 4) is 0 Å². The van der Waals surface area contributed by atoms with Crippen molar-refractivity contribution in [1.82, 2.24) is 9.80 Å². The molecule has 2 atom stereocenters. The van der Waals surface area contributed by atoms with Crippen LogP contribution >= 0.6 is 0 Å². The molecule has 1 aromatic carbocycles. The molecule has 1 aromatic rings. The summed E-state index contributed by atoms with van der Waals surface area (Å²) in [7, 11) is 0. The van der Waals surface area contributed by atoms with Crippen LogP contribution in [0.3, 0.4) is 0 Å². The predicted molar refractivity (Wildman–Crippen MR) is 87.5 cm³/mol. The molecule has 4 fully saturated rings. The van der Waals surface area contributed by atoms with E-state index in [1.807, 2.05) is 0 Å². The predicted octanol–water partition coefficient (Wildman–Crippen LogP) is 4.15. The van der Waals surface area contributed by atoms with Crippen molar-refractivity contribution in [2.24, 2.45) is 11.8 Å². The number of hydrogen-bond donors (Lipinski definition) is 0. The van der Waals surface area contributed by atoms with Crippen molar-refractivity contribution in [3.63, 3.8) is 0 Å². The fourth-order valence-corrected chi connectivity index (χ4v) is 4.42. The second-order valence-corrected chi connectivity index (χ2v) is 7.96. The van der Waals surface area contributed by atoms with E-state index in [1.165, 1.54) is 31.4 Å². The maximum absolute atomic E-state index is 14.3. The quantitative estimate of drug-likeness (QED) is 0.748. The Morgan fingerprint density at radius 3 is 2.52 bits per heavy atom. The van der Waals surface area contributed by atoms with Crippen LogP contribution in [0.25, 0.3) is 0 Å². The first kappa shape index (κ1) is 17.3. The third-order valence-corrected chi connectivity index (χ3v) is 5.87. The van der Waals surface area contributed by atoms with Crippen molar-refractivity contribution >= 4 is 0 Å². The monoisotopic (exact) mass is 356 g/mol. The van der Waals surface area contributed by atoms with Gasteiger partial charge in [0.15, 0.2) is 0 Å². The second-order valence-electron chi connectivity index (χ2n) is 7.96. The zero-order chi connectivity index (χ0) is 17.6. The SMILES string of the molecule is Fc1c(CN2C[C@H]3CC[C@@H](C2)N(CC2CC2)C3)cccc1C(F)(F)F. The molecular formula is C19H24F4N2. The number of fused-ring (bicyclic) bond motifs is 4. The van der Waals surface area contributed by atoms with E-state index in [2.05, 4.69) is 9.80 Å². The summed E-state index contributed by atoms with van der Waals surface area (Å²) in [5, 5.41) is 0. The second kappa shape index (κ2) is 6.54. The van der Waals surface area contributed by atoms with E-state index in [0.29, 0.717) is 12.0 Å². The van der Waals surface area contributed by atoms with Crippen molar-refractivity contribution in [2.75, 3.05) is 26.2 Å². The highest BCUT2D eigenvalue weighted by atomic mass is 19.4. The molecule has 1 saturated carbocycles. The van der Waals surface area contributed by atoms with Gasteiger partial charge in [0.25, 0.3) is 0 Å². The molecule has 4 aliphatic rings. The molecule has 0 aromatic heterocycles. The Kier molecular flexibility index (Phi) is 4.52. The van der Waals surface area contributed by atoms with Crippen LogP contribution in [0.2, 0.25) is 0 Å². The summed E-state index contributed by atoms with van der Waals surface area (Å²) < 4.78 is 53.1. The summed E-state index contributed by atoms with van der Waals surface area (Å²) in [4.78, 5) is 4.74. The van der Waals surface area contributed by atoms with E-state index >= 15 is 0 Å². The molecule has 0 N–H and O–H groups in total. The first-order valence-corrected chi connectivity index (χ1v) is 9.21. The van der Waals surface area contributed by atoms with Gasteiger partial charge in [0.05, 0.1) is 5.56 Å². The molecule has 1 aliphatic carbocycles. The third-order valence-electron chi connectivity index (χ3n) is 5.87. The summed E-state index contributed by atoms with van der Waals surface area (Å²) in [6.45, 7) is 4.20. The fraction of sp³-hybridized carbons (Fsp3) is 0.684. The van der Waals surface area contributed by atoms with Crippen LogP contribution in [-0.4, -0.2) is 42.0 Å². The summed E-state index contributed by atoms with van der Waals surface area (Å²) in [6.07, 6.45) is 0.339. The standard InChI is InChI=1S/C19H24F4N2/c20-18-15(2-1-3-17(18)19(21,22)23)11-24-8-14-6-7-16(12-24)25(10-14)9-13-4-5-13/h1-3,13-14,16H,4-12H2/t14-,16+/m1/s1. The highest BCUT2D eigenvalue weighted by molar-refractivity contribution is 5.28. The fourth-order valence-electron chi connectivity index (χ4n) is 4.42. The minimum Gasteiger partial charge on any atom is -0.299 e. The summed E-state index contributed by atoms with van der Waals surface area (Å²) >= 11 is 0. The largest absolute Gasteiger partial charge is 0.419 e. The van der Waals surface area contributed by atoms with Gasteiger partial charge >= 0.3 is 6.18 Å². The van der Waals surface area contributed by atoms with Crippen molar-refractivity contribution < 1.29 is 17.6 Å². The molecule has 138 valence electrons. The van der Waals surface area contributed by atoms with Gasteiger partial charge in [-0.2, -0.15) is 13.2 Å². The van der Waals surface area contributed by atoms with Gasteiger partial charge < -0.3 is 0 Å². The summed E-state index contributed by atoms with van der Waals surface area (Å²) in [5.74, 6) is 0.279. The molecule has 6 heteroatoms. The lowest BCUT2D eigenvalue weighted by Crippen LogP contribution is -2.44. The highest BCUT2D eigenvalue weighted by Gasteiger charge is 2.38. The van der Waals surface area contributed by atoms with Crippen molar-refractivity contribution in [2.45, 2.75) is 44.4 Å². The Hall–Kier alpha value is -1.14. The minimum absolute atomic E-state index is 0.157. The van der Waals surface area contributed by atoms with E-state index in [-0.39, 0.29) is 12.1 Å². The first-order chi connectivity index (χ1) is 11.9. The van der Waals surface area contributed by atoms with E-state index in [9.17, 15) is 17.6 Å². The Morgan fingerprint density at radius 2 is 1.80 bits per heavy atom. The third kappa shape index (κ3) is 3.85. The number of hydrogen-bond acceptors (Lipinski definition) is 2. The van der Waals surface area contributed by atoms with Gasteiger partial charge in [-0.05, 0) is 43.6 Å².